The number of anilines is 1. The Labute approximate surface area is 97.9 Å². The molecule has 0 aromatic carbocycles. The minimum Gasteiger partial charge on any atom is -0.477 e. The molecular weight excluding hydrogens is 220 g/mol. The van der Waals surface area contributed by atoms with Crippen LogP contribution in [0.25, 0.3) is 0 Å². The van der Waals surface area contributed by atoms with Gasteiger partial charge in [0.1, 0.15) is 5.69 Å². The predicted molar refractivity (Wildman–Crippen MR) is 61.7 cm³/mol. The van der Waals surface area contributed by atoms with E-state index in [0.717, 1.165) is 11.5 Å². The van der Waals surface area contributed by atoms with Crippen LogP contribution in [0.5, 0.6) is 0 Å². The highest BCUT2D eigenvalue weighted by Crippen LogP contribution is 2.05. The second kappa shape index (κ2) is 4.65. The summed E-state index contributed by atoms with van der Waals surface area (Å²) < 4.78 is 1.86. The summed E-state index contributed by atoms with van der Waals surface area (Å²) in [5.41, 5.74) is 0.948. The molecule has 0 unspecified atom stereocenters. The second-order valence-corrected chi connectivity index (χ2v) is 3.57. The van der Waals surface area contributed by atoms with Crippen LogP contribution in [-0.4, -0.2) is 25.6 Å². The Bertz CT molecular complexity index is 519. The molecule has 0 saturated heterocycles. The molecule has 88 valence electrons. The molecule has 6 nitrogen and oxygen atoms in total. The van der Waals surface area contributed by atoms with Crippen molar-refractivity contribution in [3.8, 4) is 0 Å². The van der Waals surface area contributed by atoms with Crippen LogP contribution in [0, 0.1) is 0 Å². The fraction of sp³-hybridized carbons (Fsp3) is 0.182. The zero-order chi connectivity index (χ0) is 12.3. The van der Waals surface area contributed by atoms with Crippen molar-refractivity contribution in [2.24, 2.45) is 7.05 Å². The van der Waals surface area contributed by atoms with E-state index in [-0.39, 0.29) is 5.69 Å². The van der Waals surface area contributed by atoms with Crippen molar-refractivity contribution in [3.05, 3.63) is 42.0 Å². The molecule has 0 amide bonds. The SMILES string of the molecule is Cn1ccnc1NCc1ccc(C(=O)O)nc1. The summed E-state index contributed by atoms with van der Waals surface area (Å²) in [6, 6.07) is 3.21. The fourth-order valence-corrected chi connectivity index (χ4v) is 1.37. The van der Waals surface area contributed by atoms with Gasteiger partial charge in [-0.2, -0.15) is 0 Å². The maximum Gasteiger partial charge on any atom is 0.354 e. The summed E-state index contributed by atoms with van der Waals surface area (Å²) in [5, 5.41) is 11.8. The Morgan fingerprint density at radius 3 is 2.82 bits per heavy atom. The number of hydrogen-bond donors (Lipinski definition) is 2. The van der Waals surface area contributed by atoms with Gasteiger partial charge in [0.15, 0.2) is 0 Å². The summed E-state index contributed by atoms with van der Waals surface area (Å²) in [7, 11) is 1.89. The van der Waals surface area contributed by atoms with Gasteiger partial charge in [0.05, 0.1) is 0 Å². The van der Waals surface area contributed by atoms with Crippen LogP contribution in [0.3, 0.4) is 0 Å². The number of nitrogens with one attached hydrogen (secondary N) is 1. The van der Waals surface area contributed by atoms with Crippen molar-refractivity contribution in [2.75, 3.05) is 5.32 Å². The van der Waals surface area contributed by atoms with Crippen molar-refractivity contribution >= 4 is 11.9 Å². The largest absolute Gasteiger partial charge is 0.477 e. The molecule has 0 aliphatic heterocycles. The van der Waals surface area contributed by atoms with Gasteiger partial charge in [-0.3, -0.25) is 0 Å². The number of pyridine rings is 1. The minimum atomic E-state index is -1.02. The zero-order valence-corrected chi connectivity index (χ0v) is 9.29. The Morgan fingerprint density at radius 2 is 2.29 bits per heavy atom. The first-order valence-electron chi connectivity index (χ1n) is 5.06. The van der Waals surface area contributed by atoms with Crippen LogP contribution in [0.2, 0.25) is 0 Å². The van der Waals surface area contributed by atoms with Crippen LogP contribution in [0.1, 0.15) is 16.1 Å². The van der Waals surface area contributed by atoms with E-state index in [1.54, 1.807) is 18.5 Å². The van der Waals surface area contributed by atoms with E-state index in [2.05, 4.69) is 15.3 Å². The summed E-state index contributed by atoms with van der Waals surface area (Å²) in [6.45, 7) is 0.553. The number of aromatic carboxylic acids is 1. The van der Waals surface area contributed by atoms with Gasteiger partial charge in [0, 0.05) is 32.2 Å². The summed E-state index contributed by atoms with van der Waals surface area (Å²) in [5.74, 6) is -0.263. The lowest BCUT2D eigenvalue weighted by Gasteiger charge is -2.05. The number of aryl methyl sites for hydroxylation is 1. The molecule has 6 heteroatoms. The van der Waals surface area contributed by atoms with Crippen LogP contribution in [-0.2, 0) is 13.6 Å². The minimum absolute atomic E-state index is 0.0470. The standard InChI is InChI=1S/C11H12N4O2/c1-15-5-4-12-11(15)14-7-8-2-3-9(10(16)17)13-6-8/h2-6H,7H2,1H3,(H,12,14)(H,16,17). The molecule has 0 spiro atoms. The average Bonchev–Trinajstić information content (AvgIpc) is 2.73. The Kier molecular flexibility index (Phi) is 3.04. The number of hydrogen-bond acceptors (Lipinski definition) is 4. The third-order valence-electron chi connectivity index (χ3n) is 2.32. The molecular formula is C11H12N4O2. The molecule has 2 rings (SSSR count). The molecule has 0 aliphatic carbocycles. The number of aromatic nitrogens is 3. The van der Waals surface area contributed by atoms with Gasteiger partial charge in [-0.15, -0.1) is 0 Å². The van der Waals surface area contributed by atoms with E-state index in [0.29, 0.717) is 6.54 Å². The highest BCUT2D eigenvalue weighted by atomic mass is 16.4. The number of carboxylic acids is 1. The molecule has 0 radical (unpaired) electrons. The quantitative estimate of drug-likeness (QED) is 0.825. The van der Waals surface area contributed by atoms with Gasteiger partial charge in [0.2, 0.25) is 5.95 Å². The Balaban J connectivity index is 2.00. The number of carbonyl (C=O) groups is 1. The molecule has 0 saturated carbocycles. The lowest BCUT2D eigenvalue weighted by Crippen LogP contribution is -2.06. The van der Waals surface area contributed by atoms with Crippen molar-refractivity contribution in [2.45, 2.75) is 6.54 Å². The van der Waals surface area contributed by atoms with Crippen LogP contribution in [0.4, 0.5) is 5.95 Å². The lowest BCUT2D eigenvalue weighted by atomic mass is 10.2. The lowest BCUT2D eigenvalue weighted by molar-refractivity contribution is 0.0690. The van der Waals surface area contributed by atoms with Gasteiger partial charge in [-0.1, -0.05) is 6.07 Å². The van der Waals surface area contributed by atoms with Gasteiger partial charge >= 0.3 is 5.97 Å². The van der Waals surface area contributed by atoms with Crippen molar-refractivity contribution in [3.63, 3.8) is 0 Å². The van der Waals surface area contributed by atoms with Crippen molar-refractivity contribution in [1.29, 1.82) is 0 Å². The van der Waals surface area contributed by atoms with E-state index in [4.69, 9.17) is 5.11 Å². The summed E-state index contributed by atoms with van der Waals surface area (Å²) in [4.78, 5) is 18.6. The van der Waals surface area contributed by atoms with Crippen LogP contribution < -0.4 is 5.32 Å². The molecule has 2 aromatic heterocycles. The fourth-order valence-electron chi connectivity index (χ4n) is 1.37. The van der Waals surface area contributed by atoms with E-state index in [1.165, 1.54) is 6.07 Å². The van der Waals surface area contributed by atoms with Crippen LogP contribution >= 0.6 is 0 Å². The molecule has 2 N–H and O–H groups in total. The molecule has 2 heterocycles. The smallest absolute Gasteiger partial charge is 0.354 e. The number of nitrogens with zero attached hydrogens (tertiary/aromatic N) is 3. The van der Waals surface area contributed by atoms with Crippen LogP contribution in [0.15, 0.2) is 30.7 Å². The second-order valence-electron chi connectivity index (χ2n) is 3.57. The van der Waals surface area contributed by atoms with Crippen molar-refractivity contribution < 1.29 is 9.90 Å². The van der Waals surface area contributed by atoms with Gasteiger partial charge in [0.25, 0.3) is 0 Å². The van der Waals surface area contributed by atoms with Crippen molar-refractivity contribution in [1.82, 2.24) is 14.5 Å². The maximum absolute atomic E-state index is 10.6. The maximum atomic E-state index is 10.6. The summed E-state index contributed by atoms with van der Waals surface area (Å²) >= 11 is 0. The van der Waals surface area contributed by atoms with E-state index < -0.39 is 5.97 Å². The monoisotopic (exact) mass is 232 g/mol. The third-order valence-corrected chi connectivity index (χ3v) is 2.32. The van der Waals surface area contributed by atoms with Gasteiger partial charge < -0.3 is 15.0 Å². The third kappa shape index (κ3) is 2.60. The first-order valence-corrected chi connectivity index (χ1v) is 5.06. The zero-order valence-electron chi connectivity index (χ0n) is 9.29. The molecule has 2 aromatic rings. The molecule has 0 bridgehead atoms. The summed E-state index contributed by atoms with van der Waals surface area (Å²) in [6.07, 6.45) is 5.08. The number of imidazole rings is 1. The molecule has 17 heavy (non-hydrogen) atoms. The molecule has 0 atom stereocenters. The molecule has 0 fully saturated rings. The topological polar surface area (TPSA) is 80.0 Å². The van der Waals surface area contributed by atoms with E-state index in [9.17, 15) is 4.79 Å². The van der Waals surface area contributed by atoms with E-state index in [1.807, 2.05) is 17.8 Å². The predicted octanol–water partition coefficient (Wildman–Crippen LogP) is 1.13. The Hall–Kier alpha value is -2.37. The normalized spacial score (nSPS) is 10.2. The highest BCUT2D eigenvalue weighted by Gasteiger charge is 2.04. The van der Waals surface area contributed by atoms with Gasteiger partial charge in [-0.25, -0.2) is 14.8 Å². The average molecular weight is 232 g/mol. The van der Waals surface area contributed by atoms with Gasteiger partial charge in [-0.05, 0) is 11.6 Å². The number of rotatable bonds is 4. The van der Waals surface area contributed by atoms with E-state index >= 15 is 0 Å². The highest BCUT2D eigenvalue weighted by molar-refractivity contribution is 5.85. The first kappa shape index (κ1) is 11.1. The first-order chi connectivity index (χ1) is 8.16. The number of carboxylic acid groups (broad SMARTS) is 1. The Morgan fingerprint density at radius 1 is 1.47 bits per heavy atom. The molecule has 0 aliphatic rings.